The Bertz CT molecular complexity index is 598. The van der Waals surface area contributed by atoms with Gasteiger partial charge in [-0.3, -0.25) is 9.59 Å². The third kappa shape index (κ3) is 3.42. The summed E-state index contributed by atoms with van der Waals surface area (Å²) in [7, 11) is 0. The molecule has 1 heterocycles. The van der Waals surface area contributed by atoms with E-state index >= 15 is 0 Å². The van der Waals surface area contributed by atoms with Crippen LogP contribution in [0.3, 0.4) is 0 Å². The third-order valence-corrected chi connectivity index (χ3v) is 2.43. The van der Waals surface area contributed by atoms with E-state index in [0.717, 1.165) is 5.56 Å². The summed E-state index contributed by atoms with van der Waals surface area (Å²) in [5, 5.41) is 2.65. The maximum absolute atomic E-state index is 11.9. The van der Waals surface area contributed by atoms with Crippen molar-refractivity contribution in [2.24, 2.45) is 0 Å². The second-order valence-corrected chi connectivity index (χ2v) is 3.95. The first-order valence-corrected chi connectivity index (χ1v) is 5.79. The summed E-state index contributed by atoms with van der Waals surface area (Å²) < 4.78 is 5.03. The van der Waals surface area contributed by atoms with Gasteiger partial charge in [0.25, 0.3) is 0 Å². The molecule has 1 amide bonds. The van der Waals surface area contributed by atoms with E-state index in [1.54, 1.807) is 12.1 Å². The van der Waals surface area contributed by atoms with Gasteiger partial charge < -0.3 is 9.73 Å². The minimum atomic E-state index is -0.294. The zero-order valence-corrected chi connectivity index (χ0v) is 10.4. The van der Waals surface area contributed by atoms with E-state index in [-0.39, 0.29) is 17.5 Å². The van der Waals surface area contributed by atoms with Gasteiger partial charge >= 0.3 is 0 Å². The highest BCUT2D eigenvalue weighted by Gasteiger charge is 2.10. The summed E-state index contributed by atoms with van der Waals surface area (Å²) in [5.41, 5.74) is 1.21. The predicted molar refractivity (Wildman–Crippen MR) is 71.3 cm³/mol. The molecule has 0 radical (unpaired) electrons. The molecule has 4 heteroatoms. The Labute approximate surface area is 110 Å². The first-order chi connectivity index (χ1) is 9.16. The molecule has 96 valence electrons. The third-order valence-electron chi connectivity index (χ3n) is 2.43. The van der Waals surface area contributed by atoms with Crippen LogP contribution in [0.15, 0.2) is 59.2 Å². The fourth-order valence-corrected chi connectivity index (χ4v) is 1.62. The topological polar surface area (TPSA) is 59.3 Å². The number of ketones is 1. The van der Waals surface area contributed by atoms with Gasteiger partial charge in [-0.1, -0.05) is 30.3 Å². The first-order valence-electron chi connectivity index (χ1n) is 5.79. The van der Waals surface area contributed by atoms with Gasteiger partial charge in [0.15, 0.2) is 5.76 Å². The lowest BCUT2D eigenvalue weighted by Crippen LogP contribution is -2.19. The number of carbonyl (C=O) groups is 2. The minimum absolute atomic E-state index is 0.234. The zero-order valence-electron chi connectivity index (χ0n) is 10.4. The number of allylic oxidation sites excluding steroid dienone is 1. The van der Waals surface area contributed by atoms with Crippen LogP contribution in [-0.2, 0) is 4.79 Å². The smallest absolute Gasteiger partial charge is 0.223 e. The van der Waals surface area contributed by atoms with Crippen LogP contribution in [-0.4, -0.2) is 11.7 Å². The Kier molecular flexibility index (Phi) is 3.93. The normalized spacial score (nSPS) is 11.1. The SMILES string of the molecule is CC(=O)N/C(=C\C(=O)c1ccco1)c1ccccc1. The molecule has 2 aromatic rings. The molecule has 1 N–H and O–H groups in total. The van der Waals surface area contributed by atoms with Crippen LogP contribution < -0.4 is 5.32 Å². The number of hydrogen-bond donors (Lipinski definition) is 1. The van der Waals surface area contributed by atoms with Gasteiger partial charge in [0.2, 0.25) is 11.7 Å². The average Bonchev–Trinajstić information content (AvgIpc) is 2.92. The number of nitrogens with one attached hydrogen (secondary N) is 1. The second-order valence-electron chi connectivity index (χ2n) is 3.95. The van der Waals surface area contributed by atoms with Gasteiger partial charge in [-0.15, -0.1) is 0 Å². The summed E-state index contributed by atoms with van der Waals surface area (Å²) >= 11 is 0. The molecule has 19 heavy (non-hydrogen) atoms. The molecule has 0 bridgehead atoms. The lowest BCUT2D eigenvalue weighted by Gasteiger charge is -2.07. The molecular formula is C15H13NO3. The van der Waals surface area contributed by atoms with Crippen molar-refractivity contribution < 1.29 is 14.0 Å². The van der Waals surface area contributed by atoms with Crippen LogP contribution in [0, 0.1) is 0 Å². The number of carbonyl (C=O) groups excluding carboxylic acids is 2. The fraction of sp³-hybridized carbons (Fsp3) is 0.0667. The molecule has 0 atom stereocenters. The number of benzene rings is 1. The second kappa shape index (κ2) is 5.82. The van der Waals surface area contributed by atoms with Crippen LogP contribution in [0.1, 0.15) is 23.0 Å². The standard InChI is InChI=1S/C15H13NO3/c1-11(17)16-13(12-6-3-2-4-7-12)10-14(18)15-8-5-9-19-15/h2-10H,1H3,(H,16,17)/b13-10-. The monoisotopic (exact) mass is 255 g/mol. The molecule has 0 aliphatic carbocycles. The summed E-state index contributed by atoms with van der Waals surface area (Å²) in [5.74, 6) is -0.293. The van der Waals surface area contributed by atoms with E-state index in [2.05, 4.69) is 5.32 Å². The van der Waals surface area contributed by atoms with Crippen molar-refractivity contribution in [3.05, 3.63) is 66.1 Å². The van der Waals surface area contributed by atoms with Crippen LogP contribution in [0.25, 0.3) is 5.70 Å². The molecule has 0 unspecified atom stereocenters. The van der Waals surface area contributed by atoms with Crippen molar-refractivity contribution in [2.75, 3.05) is 0 Å². The van der Waals surface area contributed by atoms with Crippen molar-refractivity contribution in [1.82, 2.24) is 5.32 Å². The highest BCUT2D eigenvalue weighted by atomic mass is 16.3. The van der Waals surface area contributed by atoms with Gasteiger partial charge in [-0.2, -0.15) is 0 Å². The number of rotatable bonds is 4. The van der Waals surface area contributed by atoms with Crippen LogP contribution in [0.5, 0.6) is 0 Å². The molecule has 1 aromatic heterocycles. The highest BCUT2D eigenvalue weighted by molar-refractivity contribution is 6.07. The fourth-order valence-electron chi connectivity index (χ4n) is 1.62. The van der Waals surface area contributed by atoms with Crippen LogP contribution >= 0.6 is 0 Å². The molecule has 0 spiro atoms. The van der Waals surface area contributed by atoms with Crippen LogP contribution in [0.2, 0.25) is 0 Å². The quantitative estimate of drug-likeness (QED) is 0.675. The van der Waals surface area contributed by atoms with Gasteiger partial charge in [0.05, 0.1) is 12.0 Å². The lowest BCUT2D eigenvalue weighted by atomic mass is 10.1. The van der Waals surface area contributed by atoms with Crippen LogP contribution in [0.4, 0.5) is 0 Å². The Morgan fingerprint density at radius 1 is 1.11 bits per heavy atom. The molecule has 0 fully saturated rings. The summed E-state index contributed by atoms with van der Waals surface area (Å²) in [4.78, 5) is 23.2. The highest BCUT2D eigenvalue weighted by Crippen LogP contribution is 2.13. The van der Waals surface area contributed by atoms with Crippen molar-refractivity contribution >= 4 is 17.4 Å². The number of furan rings is 1. The molecule has 2 rings (SSSR count). The van der Waals surface area contributed by atoms with E-state index in [1.807, 2.05) is 30.3 Å². The maximum atomic E-state index is 11.9. The van der Waals surface area contributed by atoms with Gasteiger partial charge in [-0.05, 0) is 17.7 Å². The minimum Gasteiger partial charge on any atom is -0.461 e. The van der Waals surface area contributed by atoms with Crippen molar-refractivity contribution in [3.8, 4) is 0 Å². The molecule has 0 saturated carbocycles. The summed E-state index contributed by atoms with van der Waals surface area (Å²) in [6, 6.07) is 12.4. The van der Waals surface area contributed by atoms with E-state index in [1.165, 1.54) is 19.3 Å². The van der Waals surface area contributed by atoms with E-state index in [0.29, 0.717) is 5.70 Å². The molecule has 0 aliphatic rings. The Morgan fingerprint density at radius 2 is 1.84 bits per heavy atom. The van der Waals surface area contributed by atoms with E-state index < -0.39 is 0 Å². The molecule has 0 aliphatic heterocycles. The summed E-state index contributed by atoms with van der Waals surface area (Å²) in [6.07, 6.45) is 2.79. The van der Waals surface area contributed by atoms with Gasteiger partial charge in [0, 0.05) is 13.0 Å². The average molecular weight is 255 g/mol. The molecule has 0 saturated heterocycles. The molecular weight excluding hydrogens is 242 g/mol. The number of amides is 1. The van der Waals surface area contributed by atoms with Gasteiger partial charge in [-0.25, -0.2) is 0 Å². The predicted octanol–water partition coefficient (Wildman–Crippen LogP) is 2.64. The summed E-state index contributed by atoms with van der Waals surface area (Å²) in [6.45, 7) is 1.40. The first kappa shape index (κ1) is 12.8. The maximum Gasteiger partial charge on any atom is 0.223 e. The van der Waals surface area contributed by atoms with E-state index in [9.17, 15) is 9.59 Å². The number of hydrogen-bond acceptors (Lipinski definition) is 3. The Balaban J connectivity index is 2.33. The van der Waals surface area contributed by atoms with Crippen molar-refractivity contribution in [1.29, 1.82) is 0 Å². The van der Waals surface area contributed by atoms with Crippen molar-refractivity contribution in [2.45, 2.75) is 6.92 Å². The lowest BCUT2D eigenvalue weighted by molar-refractivity contribution is -0.117. The van der Waals surface area contributed by atoms with Gasteiger partial charge in [0.1, 0.15) is 0 Å². The molecule has 1 aromatic carbocycles. The molecule has 4 nitrogen and oxygen atoms in total. The van der Waals surface area contributed by atoms with E-state index in [4.69, 9.17) is 4.42 Å². The largest absolute Gasteiger partial charge is 0.461 e. The Morgan fingerprint density at radius 3 is 2.42 bits per heavy atom. The Hall–Kier alpha value is -2.62. The zero-order chi connectivity index (χ0) is 13.7. The van der Waals surface area contributed by atoms with Crippen molar-refractivity contribution in [3.63, 3.8) is 0 Å².